The van der Waals surface area contributed by atoms with E-state index in [1.54, 1.807) is 18.3 Å². The topological polar surface area (TPSA) is 158 Å². The molecular weight excluding hydrogens is 412 g/mol. The molecule has 0 bridgehead atoms. The number of rotatable bonds is 9. The molecule has 9 nitrogen and oxygen atoms in total. The highest BCUT2D eigenvalue weighted by Gasteiger charge is 2.27. The number of amides is 2. The molecule has 9 heteroatoms. The summed E-state index contributed by atoms with van der Waals surface area (Å²) in [6.45, 7) is 1.35. The van der Waals surface area contributed by atoms with Gasteiger partial charge in [-0.05, 0) is 42.7 Å². The molecule has 0 spiro atoms. The number of benzene rings is 2. The van der Waals surface area contributed by atoms with Gasteiger partial charge < -0.3 is 31.6 Å². The molecule has 1 aromatic heterocycles. The lowest BCUT2D eigenvalue weighted by atomic mass is 10.0. The summed E-state index contributed by atoms with van der Waals surface area (Å²) in [4.78, 5) is 39.8. The van der Waals surface area contributed by atoms with E-state index in [1.807, 2.05) is 24.3 Å². The zero-order valence-corrected chi connectivity index (χ0v) is 17.5. The maximum absolute atomic E-state index is 12.8. The molecule has 168 valence electrons. The molecule has 0 fully saturated rings. The number of fused-ring (bicyclic) bond motifs is 1. The molecule has 2 amide bonds. The summed E-state index contributed by atoms with van der Waals surface area (Å²) in [5.41, 5.74) is 8.48. The standard InChI is InChI=1S/C23H26N4O5/c1-13(23(31)32)26-22(30)20(11-15-12-25-19-5-3-2-4-17(15)19)27-21(29)18(24)10-14-6-8-16(28)9-7-14/h2-9,12-13,18,20,25,28H,10-11,24H2,1H3,(H,26,30)(H,27,29)(H,31,32)/t13-,18-,20-/m0/s1. The number of carboxylic acid groups (broad SMARTS) is 1. The number of hydrogen-bond acceptors (Lipinski definition) is 5. The average molecular weight is 438 g/mol. The number of phenols is 1. The first-order valence-electron chi connectivity index (χ1n) is 10.2. The minimum absolute atomic E-state index is 0.106. The van der Waals surface area contributed by atoms with Crippen molar-refractivity contribution in [2.24, 2.45) is 5.73 Å². The van der Waals surface area contributed by atoms with E-state index in [-0.39, 0.29) is 18.6 Å². The van der Waals surface area contributed by atoms with E-state index in [4.69, 9.17) is 10.8 Å². The van der Waals surface area contributed by atoms with E-state index in [2.05, 4.69) is 15.6 Å². The third kappa shape index (κ3) is 5.64. The Morgan fingerprint density at radius 2 is 1.69 bits per heavy atom. The van der Waals surface area contributed by atoms with Crippen molar-refractivity contribution in [2.45, 2.75) is 37.9 Å². The quantitative estimate of drug-likeness (QED) is 0.293. The summed E-state index contributed by atoms with van der Waals surface area (Å²) in [5, 5.41) is 24.5. The van der Waals surface area contributed by atoms with Crippen LogP contribution in [0.2, 0.25) is 0 Å². The summed E-state index contributed by atoms with van der Waals surface area (Å²) >= 11 is 0. The first-order chi connectivity index (χ1) is 15.2. The number of aromatic hydroxyl groups is 1. The molecule has 0 unspecified atom stereocenters. The number of carbonyl (C=O) groups excluding carboxylic acids is 2. The van der Waals surface area contributed by atoms with E-state index in [9.17, 15) is 19.5 Å². The van der Waals surface area contributed by atoms with Crippen LogP contribution in [0.15, 0.2) is 54.7 Å². The molecule has 0 saturated carbocycles. The second-order valence-corrected chi connectivity index (χ2v) is 7.67. The summed E-state index contributed by atoms with van der Waals surface area (Å²) in [5.74, 6) is -2.23. The van der Waals surface area contributed by atoms with Crippen molar-refractivity contribution in [3.05, 3.63) is 65.9 Å². The maximum atomic E-state index is 12.8. The van der Waals surface area contributed by atoms with E-state index in [1.165, 1.54) is 19.1 Å². The third-order valence-electron chi connectivity index (χ3n) is 5.19. The van der Waals surface area contributed by atoms with Crippen LogP contribution in [0.3, 0.4) is 0 Å². The molecule has 0 radical (unpaired) electrons. The molecule has 32 heavy (non-hydrogen) atoms. The fourth-order valence-electron chi connectivity index (χ4n) is 3.36. The highest BCUT2D eigenvalue weighted by atomic mass is 16.4. The Hall–Kier alpha value is -3.85. The smallest absolute Gasteiger partial charge is 0.325 e. The van der Waals surface area contributed by atoms with Crippen molar-refractivity contribution in [3.8, 4) is 5.75 Å². The van der Waals surface area contributed by atoms with E-state index in [0.717, 1.165) is 22.0 Å². The molecule has 0 aliphatic heterocycles. The third-order valence-corrected chi connectivity index (χ3v) is 5.19. The first-order valence-corrected chi connectivity index (χ1v) is 10.2. The van der Waals surface area contributed by atoms with Gasteiger partial charge in [0.2, 0.25) is 11.8 Å². The Morgan fingerprint density at radius 1 is 1.00 bits per heavy atom. The van der Waals surface area contributed by atoms with Gasteiger partial charge >= 0.3 is 5.97 Å². The SMILES string of the molecule is C[C@H](NC(=O)[C@H](Cc1c[nH]c2ccccc12)NC(=O)[C@@H](N)Cc1ccc(O)cc1)C(=O)O. The monoisotopic (exact) mass is 438 g/mol. The van der Waals surface area contributed by atoms with Crippen molar-refractivity contribution in [1.29, 1.82) is 0 Å². The van der Waals surface area contributed by atoms with Crippen molar-refractivity contribution in [2.75, 3.05) is 0 Å². The van der Waals surface area contributed by atoms with Crippen LogP contribution in [0.25, 0.3) is 10.9 Å². The molecule has 0 saturated heterocycles. The number of hydrogen-bond donors (Lipinski definition) is 6. The predicted molar refractivity (Wildman–Crippen MR) is 119 cm³/mol. The van der Waals surface area contributed by atoms with Crippen molar-refractivity contribution in [1.82, 2.24) is 15.6 Å². The van der Waals surface area contributed by atoms with Crippen LogP contribution >= 0.6 is 0 Å². The van der Waals surface area contributed by atoms with Gasteiger partial charge in [0.05, 0.1) is 6.04 Å². The van der Waals surface area contributed by atoms with Gasteiger partial charge in [-0.15, -0.1) is 0 Å². The molecule has 3 atom stereocenters. The molecule has 0 aliphatic rings. The Labute approximate surface area is 184 Å². The summed E-state index contributed by atoms with van der Waals surface area (Å²) in [6, 6.07) is 10.8. The molecule has 2 aromatic carbocycles. The zero-order valence-electron chi connectivity index (χ0n) is 17.5. The van der Waals surface area contributed by atoms with E-state index < -0.39 is 35.9 Å². The number of aromatic amines is 1. The van der Waals surface area contributed by atoms with E-state index >= 15 is 0 Å². The Kier molecular flexibility index (Phi) is 7.11. The number of nitrogens with one attached hydrogen (secondary N) is 3. The normalized spacial score (nSPS) is 13.8. The van der Waals surface area contributed by atoms with Crippen LogP contribution in [0.5, 0.6) is 5.75 Å². The van der Waals surface area contributed by atoms with Gasteiger partial charge in [-0.1, -0.05) is 30.3 Å². The lowest BCUT2D eigenvalue weighted by Gasteiger charge is -2.22. The van der Waals surface area contributed by atoms with Gasteiger partial charge in [-0.25, -0.2) is 0 Å². The number of aromatic nitrogens is 1. The second kappa shape index (κ2) is 9.97. The average Bonchev–Trinajstić information content (AvgIpc) is 3.17. The van der Waals surface area contributed by atoms with Crippen molar-refractivity contribution in [3.63, 3.8) is 0 Å². The van der Waals surface area contributed by atoms with Crippen molar-refractivity contribution >= 4 is 28.7 Å². The lowest BCUT2D eigenvalue weighted by Crippen LogP contribution is -2.55. The summed E-state index contributed by atoms with van der Waals surface area (Å²) in [7, 11) is 0. The predicted octanol–water partition coefficient (Wildman–Crippen LogP) is 1.06. The van der Waals surface area contributed by atoms with Gasteiger partial charge in [-0.3, -0.25) is 14.4 Å². The number of para-hydroxylation sites is 1. The van der Waals surface area contributed by atoms with Crippen LogP contribution in [0, 0.1) is 0 Å². The minimum atomic E-state index is -1.18. The number of carbonyl (C=O) groups is 3. The zero-order chi connectivity index (χ0) is 23.3. The van der Waals surface area contributed by atoms with Gasteiger partial charge in [0, 0.05) is 23.5 Å². The van der Waals surface area contributed by atoms with E-state index in [0.29, 0.717) is 0 Å². The largest absolute Gasteiger partial charge is 0.508 e. The Morgan fingerprint density at radius 3 is 2.38 bits per heavy atom. The van der Waals surface area contributed by atoms with Gasteiger partial charge in [0.25, 0.3) is 0 Å². The molecular formula is C23H26N4O5. The number of phenolic OH excluding ortho intramolecular Hbond substituents is 1. The fraction of sp³-hybridized carbons (Fsp3) is 0.261. The molecule has 0 aliphatic carbocycles. The second-order valence-electron chi connectivity index (χ2n) is 7.67. The highest BCUT2D eigenvalue weighted by Crippen LogP contribution is 2.19. The minimum Gasteiger partial charge on any atom is -0.508 e. The number of aliphatic carboxylic acids is 1. The van der Waals surface area contributed by atoms with Crippen LogP contribution in [-0.2, 0) is 27.2 Å². The van der Waals surface area contributed by atoms with Crippen LogP contribution in [-0.4, -0.2) is 51.1 Å². The summed E-state index contributed by atoms with van der Waals surface area (Å²) < 4.78 is 0. The maximum Gasteiger partial charge on any atom is 0.325 e. The fourth-order valence-corrected chi connectivity index (χ4v) is 3.36. The number of H-pyrrole nitrogens is 1. The Balaban J connectivity index is 1.76. The van der Waals surface area contributed by atoms with Gasteiger partial charge in [0.1, 0.15) is 17.8 Å². The first kappa shape index (κ1) is 22.8. The number of nitrogens with two attached hydrogens (primary N) is 1. The van der Waals surface area contributed by atoms with Crippen LogP contribution in [0.1, 0.15) is 18.1 Å². The van der Waals surface area contributed by atoms with Crippen LogP contribution < -0.4 is 16.4 Å². The Bertz CT molecular complexity index is 1110. The molecule has 7 N–H and O–H groups in total. The van der Waals surface area contributed by atoms with Crippen molar-refractivity contribution < 1.29 is 24.6 Å². The molecule has 3 aromatic rings. The van der Waals surface area contributed by atoms with Crippen LogP contribution in [0.4, 0.5) is 0 Å². The number of carboxylic acids is 1. The van der Waals surface area contributed by atoms with Gasteiger partial charge in [-0.2, -0.15) is 0 Å². The lowest BCUT2D eigenvalue weighted by molar-refractivity contribution is -0.141. The molecule has 3 rings (SSSR count). The molecule has 1 heterocycles. The highest BCUT2D eigenvalue weighted by molar-refractivity contribution is 5.93. The summed E-state index contributed by atoms with van der Waals surface area (Å²) in [6.07, 6.45) is 2.12. The van der Waals surface area contributed by atoms with Gasteiger partial charge in [0.15, 0.2) is 0 Å².